The number of cyclic esters (lactones) is 1. The van der Waals surface area contributed by atoms with Crippen LogP contribution >= 0.6 is 7.60 Å². The Labute approximate surface area is 158 Å². The molecule has 0 radical (unpaired) electrons. The van der Waals surface area contributed by atoms with Gasteiger partial charge in [-0.25, -0.2) is 0 Å². The average molecular weight is 402 g/mol. The van der Waals surface area contributed by atoms with Crippen molar-refractivity contribution in [3.05, 3.63) is 35.9 Å². The van der Waals surface area contributed by atoms with Crippen molar-refractivity contribution >= 4 is 13.6 Å². The molecule has 2 fully saturated rings. The van der Waals surface area contributed by atoms with Crippen LogP contribution in [0.5, 0.6) is 0 Å². The molecule has 0 aliphatic carbocycles. The van der Waals surface area contributed by atoms with Crippen LogP contribution in [0.1, 0.15) is 31.2 Å². The summed E-state index contributed by atoms with van der Waals surface area (Å²) in [6, 6.07) is 9.50. The number of ether oxygens (including phenoxy) is 2. The van der Waals surface area contributed by atoms with E-state index in [0.29, 0.717) is 25.7 Å². The molecule has 0 amide bonds. The molecule has 2 aliphatic heterocycles. The molecule has 3 rings (SSSR count). The van der Waals surface area contributed by atoms with Gasteiger partial charge in [0.25, 0.3) is 0 Å². The fourth-order valence-corrected chi connectivity index (χ4v) is 3.44. The summed E-state index contributed by atoms with van der Waals surface area (Å²) < 4.78 is 32.5. The molecule has 2 N–H and O–H groups in total. The topological polar surface area (TPSA) is 112 Å². The van der Waals surface area contributed by atoms with Gasteiger partial charge in [0.1, 0.15) is 6.10 Å². The third-order valence-electron chi connectivity index (χ3n) is 4.06. The molecule has 4 atom stereocenters. The Morgan fingerprint density at radius 3 is 2.41 bits per heavy atom. The van der Waals surface area contributed by atoms with Gasteiger partial charge in [-0.15, -0.1) is 0 Å². The molecule has 2 aliphatic rings. The van der Waals surface area contributed by atoms with Gasteiger partial charge in [-0.1, -0.05) is 30.3 Å². The van der Waals surface area contributed by atoms with E-state index in [0.717, 1.165) is 5.56 Å². The first-order chi connectivity index (χ1) is 12.9. The largest absolute Gasteiger partial charge is 0.460 e. The first-order valence-electron chi connectivity index (χ1n) is 8.92. The number of rotatable bonds is 7. The van der Waals surface area contributed by atoms with Crippen molar-refractivity contribution in [2.24, 2.45) is 0 Å². The Hall–Kier alpha value is -1.28. The molecule has 2 unspecified atom stereocenters. The second kappa shape index (κ2) is 10.9. The van der Waals surface area contributed by atoms with Crippen molar-refractivity contribution in [1.82, 2.24) is 0 Å². The average Bonchev–Trinajstić information content (AvgIpc) is 3.28. The maximum atomic E-state index is 12.1. The molecule has 152 valence electrons. The highest BCUT2D eigenvalue weighted by Crippen LogP contribution is 2.45. The van der Waals surface area contributed by atoms with E-state index >= 15 is 0 Å². The van der Waals surface area contributed by atoms with Crippen LogP contribution in [0.15, 0.2) is 30.3 Å². The Morgan fingerprint density at radius 2 is 1.89 bits per heavy atom. The van der Waals surface area contributed by atoms with E-state index in [2.05, 4.69) is 4.74 Å². The van der Waals surface area contributed by atoms with Crippen LogP contribution in [0.4, 0.5) is 0 Å². The summed E-state index contributed by atoms with van der Waals surface area (Å²) in [5.41, 5.74) is 0.945. The van der Waals surface area contributed by atoms with Gasteiger partial charge in [0.2, 0.25) is 0 Å². The normalized spacial score (nSPS) is 26.8. The summed E-state index contributed by atoms with van der Waals surface area (Å²) in [6.45, 7) is 1.84. The maximum absolute atomic E-state index is 12.1. The summed E-state index contributed by atoms with van der Waals surface area (Å²) in [5, 5.41) is 17.6. The van der Waals surface area contributed by atoms with Crippen molar-refractivity contribution in [1.29, 1.82) is 0 Å². The molecular formula is C18H27O8P. The number of hydrogen-bond donors (Lipinski definition) is 2. The lowest BCUT2D eigenvalue weighted by molar-refractivity contribution is -0.142. The van der Waals surface area contributed by atoms with Gasteiger partial charge in [-0.3, -0.25) is 9.36 Å². The molecule has 2 heterocycles. The number of carbonyl (C=O) groups excluding carboxylic acids is 1. The predicted molar refractivity (Wildman–Crippen MR) is 97.0 cm³/mol. The molecule has 0 spiro atoms. The minimum Gasteiger partial charge on any atom is -0.460 e. The highest BCUT2D eigenvalue weighted by atomic mass is 31.2. The van der Waals surface area contributed by atoms with Gasteiger partial charge in [0, 0.05) is 19.5 Å². The van der Waals surface area contributed by atoms with E-state index in [1.807, 2.05) is 30.3 Å². The zero-order valence-electron chi connectivity index (χ0n) is 15.4. The van der Waals surface area contributed by atoms with Crippen LogP contribution in [0, 0.1) is 0 Å². The summed E-state index contributed by atoms with van der Waals surface area (Å²) in [7, 11) is -3.09. The minimum atomic E-state index is -3.09. The standard InChI is InChI=1S/C13H19O5P.C5H8O3/c1-19(15,16-9-11-5-3-2-4-6-11)17-10-12-7-8-13(14)18-12;6-3-4-1-2-5(7)8-4/h2-6,12-14H,7-10H2,1H3;4,6H,1-3H2/t12-,13?,19?;4-/m00/s1. The molecular weight excluding hydrogens is 375 g/mol. The lowest BCUT2D eigenvalue weighted by Crippen LogP contribution is -2.16. The molecule has 2 saturated heterocycles. The number of esters is 1. The number of benzene rings is 1. The quantitative estimate of drug-likeness (QED) is 0.528. The van der Waals surface area contributed by atoms with Crippen LogP contribution in [0.2, 0.25) is 0 Å². The number of aliphatic hydroxyl groups is 2. The Morgan fingerprint density at radius 1 is 1.15 bits per heavy atom. The van der Waals surface area contributed by atoms with Crippen LogP contribution < -0.4 is 0 Å². The Kier molecular flexibility index (Phi) is 8.89. The number of carbonyl (C=O) groups is 1. The molecule has 0 saturated carbocycles. The van der Waals surface area contributed by atoms with E-state index in [9.17, 15) is 14.5 Å². The van der Waals surface area contributed by atoms with E-state index < -0.39 is 13.9 Å². The summed E-state index contributed by atoms with van der Waals surface area (Å²) in [5.74, 6) is -0.191. The highest BCUT2D eigenvalue weighted by molar-refractivity contribution is 7.52. The first-order valence-corrected chi connectivity index (χ1v) is 10.9. The predicted octanol–water partition coefficient (Wildman–Crippen LogP) is 2.22. The van der Waals surface area contributed by atoms with Crippen molar-refractivity contribution in [2.75, 3.05) is 19.9 Å². The van der Waals surface area contributed by atoms with E-state index in [4.69, 9.17) is 18.9 Å². The highest BCUT2D eigenvalue weighted by Gasteiger charge is 2.26. The minimum absolute atomic E-state index is 0.0360. The lowest BCUT2D eigenvalue weighted by atomic mass is 10.2. The van der Waals surface area contributed by atoms with E-state index in [1.54, 1.807) is 0 Å². The van der Waals surface area contributed by atoms with Crippen LogP contribution in [0.3, 0.4) is 0 Å². The van der Waals surface area contributed by atoms with Crippen LogP contribution in [0.25, 0.3) is 0 Å². The van der Waals surface area contributed by atoms with Gasteiger partial charge in [-0.05, 0) is 18.4 Å². The summed E-state index contributed by atoms with van der Waals surface area (Å²) in [4.78, 5) is 10.3. The zero-order chi connectivity index (χ0) is 19.7. The zero-order valence-corrected chi connectivity index (χ0v) is 16.3. The first kappa shape index (κ1) is 22.0. The lowest BCUT2D eigenvalue weighted by Gasteiger charge is -2.17. The van der Waals surface area contributed by atoms with Crippen LogP contribution in [-0.4, -0.2) is 54.6 Å². The summed E-state index contributed by atoms with van der Waals surface area (Å²) >= 11 is 0. The Bertz CT molecular complexity index is 623. The number of aliphatic hydroxyl groups excluding tert-OH is 2. The van der Waals surface area contributed by atoms with Crippen molar-refractivity contribution in [3.8, 4) is 0 Å². The van der Waals surface area contributed by atoms with Crippen molar-refractivity contribution in [2.45, 2.75) is 50.8 Å². The van der Waals surface area contributed by atoms with Gasteiger partial charge >= 0.3 is 13.6 Å². The maximum Gasteiger partial charge on any atom is 0.328 e. The second-order valence-electron chi connectivity index (χ2n) is 6.45. The van der Waals surface area contributed by atoms with Gasteiger partial charge in [0.15, 0.2) is 6.29 Å². The molecule has 1 aromatic carbocycles. The molecule has 0 aromatic heterocycles. The SMILES string of the molecule is CP(=O)(OCc1ccccc1)OC[C@@H]1CCC(O)O1.O=C1CC[C@@H](CO)O1. The Balaban J connectivity index is 0.000000273. The molecule has 0 bridgehead atoms. The fraction of sp³-hybridized carbons (Fsp3) is 0.611. The summed E-state index contributed by atoms with van der Waals surface area (Å²) in [6.07, 6.45) is 1.29. The molecule has 8 nitrogen and oxygen atoms in total. The third kappa shape index (κ3) is 8.51. The van der Waals surface area contributed by atoms with Gasteiger partial charge in [-0.2, -0.15) is 0 Å². The smallest absolute Gasteiger partial charge is 0.328 e. The second-order valence-corrected chi connectivity index (χ2v) is 8.51. The van der Waals surface area contributed by atoms with Crippen LogP contribution in [-0.2, 0) is 34.5 Å². The molecule has 27 heavy (non-hydrogen) atoms. The van der Waals surface area contributed by atoms with E-state index in [1.165, 1.54) is 6.66 Å². The molecule has 9 heteroatoms. The fourth-order valence-electron chi connectivity index (χ4n) is 2.54. The van der Waals surface area contributed by atoms with Gasteiger partial charge < -0.3 is 28.7 Å². The van der Waals surface area contributed by atoms with Gasteiger partial charge in [0.05, 0.1) is 25.9 Å². The molecule has 1 aromatic rings. The third-order valence-corrected chi connectivity index (χ3v) is 5.28. The number of hydrogen-bond acceptors (Lipinski definition) is 8. The van der Waals surface area contributed by atoms with Crippen molar-refractivity contribution < 1.29 is 38.1 Å². The van der Waals surface area contributed by atoms with Crippen molar-refractivity contribution in [3.63, 3.8) is 0 Å². The monoisotopic (exact) mass is 402 g/mol. The van der Waals surface area contributed by atoms with E-state index in [-0.39, 0.29) is 38.0 Å².